The fourth-order valence-electron chi connectivity index (χ4n) is 3.45. The predicted molar refractivity (Wildman–Crippen MR) is 133 cm³/mol. The van der Waals surface area contributed by atoms with E-state index in [-0.39, 0.29) is 5.91 Å². The van der Waals surface area contributed by atoms with Crippen molar-refractivity contribution in [2.45, 2.75) is 27.4 Å². The molecule has 0 fully saturated rings. The maximum absolute atomic E-state index is 12.6. The molecule has 0 saturated carbocycles. The van der Waals surface area contributed by atoms with Gasteiger partial charge in [0.05, 0.1) is 22.1 Å². The molecule has 0 bridgehead atoms. The third-order valence-electron chi connectivity index (χ3n) is 5.39. The molecule has 33 heavy (non-hydrogen) atoms. The molecule has 3 aromatic carbocycles. The predicted octanol–water partition coefficient (Wildman–Crippen LogP) is 6.94. The van der Waals surface area contributed by atoms with E-state index in [1.807, 2.05) is 63.2 Å². The van der Waals surface area contributed by atoms with Gasteiger partial charge in [0.15, 0.2) is 0 Å². The molecule has 0 aliphatic carbocycles. The summed E-state index contributed by atoms with van der Waals surface area (Å²) in [6.45, 7) is 6.22. The van der Waals surface area contributed by atoms with Gasteiger partial charge in [-0.1, -0.05) is 29.3 Å². The first-order valence-corrected chi connectivity index (χ1v) is 11.2. The first-order chi connectivity index (χ1) is 15.8. The van der Waals surface area contributed by atoms with Gasteiger partial charge in [0.2, 0.25) is 0 Å². The van der Waals surface area contributed by atoms with E-state index in [0.29, 0.717) is 33.7 Å². The van der Waals surface area contributed by atoms with Crippen LogP contribution in [0.15, 0.2) is 66.7 Å². The zero-order chi connectivity index (χ0) is 23.5. The van der Waals surface area contributed by atoms with Gasteiger partial charge in [-0.3, -0.25) is 4.79 Å². The lowest BCUT2D eigenvalue weighted by Crippen LogP contribution is -2.12. The molecule has 5 nitrogen and oxygen atoms in total. The van der Waals surface area contributed by atoms with Crippen LogP contribution in [0, 0.1) is 20.8 Å². The fraction of sp³-hybridized carbons (Fsp3) is 0.154. The molecule has 4 rings (SSSR count). The Morgan fingerprint density at radius 1 is 0.970 bits per heavy atom. The van der Waals surface area contributed by atoms with Crippen molar-refractivity contribution in [1.82, 2.24) is 9.78 Å². The number of benzene rings is 3. The van der Waals surface area contributed by atoms with E-state index in [4.69, 9.17) is 27.9 Å². The highest BCUT2D eigenvalue weighted by Crippen LogP contribution is 2.24. The second kappa shape index (κ2) is 9.69. The van der Waals surface area contributed by atoms with Crippen molar-refractivity contribution in [1.29, 1.82) is 0 Å². The van der Waals surface area contributed by atoms with Crippen LogP contribution in [0.5, 0.6) is 5.75 Å². The van der Waals surface area contributed by atoms with Gasteiger partial charge in [0.1, 0.15) is 12.4 Å². The average molecular weight is 480 g/mol. The number of anilines is 1. The Morgan fingerprint density at radius 3 is 2.27 bits per heavy atom. The molecule has 168 valence electrons. The molecule has 0 saturated heterocycles. The molecule has 1 amide bonds. The Morgan fingerprint density at radius 2 is 1.67 bits per heavy atom. The number of halogens is 2. The number of rotatable bonds is 6. The van der Waals surface area contributed by atoms with E-state index < -0.39 is 0 Å². The Kier molecular flexibility index (Phi) is 6.72. The van der Waals surface area contributed by atoms with Crippen molar-refractivity contribution in [3.8, 4) is 11.4 Å². The molecule has 1 N–H and O–H groups in total. The molecule has 0 atom stereocenters. The number of hydrogen-bond donors (Lipinski definition) is 1. The summed E-state index contributed by atoms with van der Waals surface area (Å²) in [5.41, 5.74) is 5.90. The smallest absolute Gasteiger partial charge is 0.255 e. The first kappa shape index (κ1) is 22.9. The number of nitrogens with zero attached hydrogens (tertiary/aromatic N) is 2. The second-order valence-corrected chi connectivity index (χ2v) is 8.60. The van der Waals surface area contributed by atoms with E-state index in [1.54, 1.807) is 28.9 Å². The lowest BCUT2D eigenvalue weighted by Gasteiger charge is -2.10. The Hall–Kier alpha value is -3.28. The zero-order valence-electron chi connectivity index (χ0n) is 18.5. The molecular weight excluding hydrogens is 457 g/mol. The minimum Gasteiger partial charge on any atom is -0.489 e. The second-order valence-electron chi connectivity index (χ2n) is 7.78. The van der Waals surface area contributed by atoms with Crippen molar-refractivity contribution in [3.63, 3.8) is 0 Å². The summed E-state index contributed by atoms with van der Waals surface area (Å²) in [6, 6.07) is 20.2. The summed E-state index contributed by atoms with van der Waals surface area (Å²) in [6.07, 6.45) is 0. The van der Waals surface area contributed by atoms with Crippen LogP contribution in [-0.2, 0) is 6.61 Å². The molecule has 0 spiro atoms. The van der Waals surface area contributed by atoms with Gasteiger partial charge in [-0.15, -0.1) is 0 Å². The SMILES string of the molecule is Cc1cc(Cl)ccc1COc1ccc(C(=O)Nc2ccc(-n3nc(C)c(Cl)c3C)cc2)cc1. The highest BCUT2D eigenvalue weighted by Gasteiger charge is 2.11. The monoisotopic (exact) mass is 479 g/mol. The van der Waals surface area contributed by atoms with Crippen molar-refractivity contribution < 1.29 is 9.53 Å². The molecule has 0 aliphatic heterocycles. The maximum atomic E-state index is 12.6. The van der Waals surface area contributed by atoms with Crippen LogP contribution in [0.25, 0.3) is 5.69 Å². The Bertz CT molecular complexity index is 1300. The van der Waals surface area contributed by atoms with E-state index >= 15 is 0 Å². The van der Waals surface area contributed by atoms with Crippen LogP contribution in [-0.4, -0.2) is 15.7 Å². The van der Waals surface area contributed by atoms with Crippen LogP contribution in [0.3, 0.4) is 0 Å². The summed E-state index contributed by atoms with van der Waals surface area (Å²) < 4.78 is 7.63. The van der Waals surface area contributed by atoms with E-state index in [2.05, 4.69) is 10.4 Å². The summed E-state index contributed by atoms with van der Waals surface area (Å²) >= 11 is 12.2. The molecule has 0 unspecified atom stereocenters. The van der Waals surface area contributed by atoms with Gasteiger partial charge in [-0.25, -0.2) is 4.68 Å². The van der Waals surface area contributed by atoms with Gasteiger partial charge >= 0.3 is 0 Å². The van der Waals surface area contributed by atoms with E-state index in [9.17, 15) is 4.79 Å². The average Bonchev–Trinajstić information content (AvgIpc) is 3.06. The van der Waals surface area contributed by atoms with E-state index in [1.165, 1.54) is 0 Å². The Balaban J connectivity index is 1.37. The number of carbonyl (C=O) groups is 1. The molecular formula is C26H23Cl2N3O2. The number of aryl methyl sites for hydroxylation is 2. The summed E-state index contributed by atoms with van der Waals surface area (Å²) in [5, 5.41) is 8.72. The van der Waals surface area contributed by atoms with Gasteiger partial charge < -0.3 is 10.1 Å². The first-order valence-electron chi connectivity index (χ1n) is 10.4. The van der Waals surface area contributed by atoms with Crippen molar-refractivity contribution in [2.75, 3.05) is 5.32 Å². The molecule has 1 aromatic heterocycles. The number of aromatic nitrogens is 2. The van der Waals surface area contributed by atoms with Gasteiger partial charge in [-0.05, 0) is 92.6 Å². The zero-order valence-corrected chi connectivity index (χ0v) is 20.0. The van der Waals surface area contributed by atoms with Crippen LogP contribution in [0.1, 0.15) is 32.9 Å². The number of nitrogens with one attached hydrogen (secondary N) is 1. The largest absolute Gasteiger partial charge is 0.489 e. The number of carbonyl (C=O) groups excluding carboxylic acids is 1. The molecule has 7 heteroatoms. The molecule has 0 aliphatic rings. The van der Waals surface area contributed by atoms with Crippen LogP contribution in [0.4, 0.5) is 5.69 Å². The third kappa shape index (κ3) is 5.21. The lowest BCUT2D eigenvalue weighted by atomic mass is 10.1. The summed E-state index contributed by atoms with van der Waals surface area (Å²) in [4.78, 5) is 12.6. The minimum atomic E-state index is -0.197. The van der Waals surface area contributed by atoms with Gasteiger partial charge in [-0.2, -0.15) is 5.10 Å². The van der Waals surface area contributed by atoms with Crippen LogP contribution in [0.2, 0.25) is 10.0 Å². The van der Waals surface area contributed by atoms with Crippen molar-refractivity contribution >= 4 is 34.8 Å². The van der Waals surface area contributed by atoms with Gasteiger partial charge in [0, 0.05) is 16.3 Å². The fourth-order valence-corrected chi connectivity index (χ4v) is 3.79. The highest BCUT2D eigenvalue weighted by atomic mass is 35.5. The number of ether oxygens (including phenoxy) is 1. The maximum Gasteiger partial charge on any atom is 0.255 e. The lowest BCUT2D eigenvalue weighted by molar-refractivity contribution is 0.102. The summed E-state index contributed by atoms with van der Waals surface area (Å²) in [7, 11) is 0. The normalized spacial score (nSPS) is 10.8. The van der Waals surface area contributed by atoms with Crippen molar-refractivity contribution in [3.05, 3.63) is 105 Å². The topological polar surface area (TPSA) is 56.1 Å². The molecule has 0 radical (unpaired) electrons. The minimum absolute atomic E-state index is 0.197. The standard InChI is InChI=1S/C26H23Cl2N3O2/c1-16-14-21(27)7-4-20(16)15-33-24-12-5-19(6-13-24)26(32)29-22-8-10-23(11-9-22)31-18(3)25(28)17(2)30-31/h4-14H,15H2,1-3H3,(H,29,32). The van der Waals surface area contributed by atoms with Crippen LogP contribution < -0.4 is 10.1 Å². The molecule has 1 heterocycles. The van der Waals surface area contributed by atoms with Crippen LogP contribution >= 0.6 is 23.2 Å². The number of amides is 1. The highest BCUT2D eigenvalue weighted by molar-refractivity contribution is 6.31. The molecule has 4 aromatic rings. The van der Waals surface area contributed by atoms with Gasteiger partial charge in [0.25, 0.3) is 5.91 Å². The Labute approximate surface area is 202 Å². The van der Waals surface area contributed by atoms with Crippen molar-refractivity contribution in [2.24, 2.45) is 0 Å². The third-order valence-corrected chi connectivity index (χ3v) is 6.17. The quantitative estimate of drug-likeness (QED) is 0.325. The van der Waals surface area contributed by atoms with E-state index in [0.717, 1.165) is 28.2 Å². The number of hydrogen-bond acceptors (Lipinski definition) is 3. The summed E-state index contributed by atoms with van der Waals surface area (Å²) in [5.74, 6) is 0.491.